The van der Waals surface area contributed by atoms with E-state index in [0.717, 1.165) is 50.3 Å². The number of aromatic nitrogens is 6. The van der Waals surface area contributed by atoms with E-state index >= 15 is 0 Å². The van der Waals surface area contributed by atoms with Crippen LogP contribution in [-0.4, -0.2) is 111 Å². The zero-order valence-corrected chi connectivity index (χ0v) is 52.0. The van der Waals surface area contributed by atoms with Crippen LogP contribution >= 0.6 is 11.6 Å². The van der Waals surface area contributed by atoms with Crippen LogP contribution in [0.4, 0.5) is 17.6 Å². The van der Waals surface area contributed by atoms with Gasteiger partial charge in [0, 0.05) is 137 Å². The minimum absolute atomic E-state index is 0.0103. The van der Waals surface area contributed by atoms with Crippen molar-refractivity contribution < 1.29 is 50.9 Å². The van der Waals surface area contributed by atoms with Gasteiger partial charge < -0.3 is 33.6 Å². The maximum absolute atomic E-state index is 13.5. The maximum atomic E-state index is 13.5. The van der Waals surface area contributed by atoms with Gasteiger partial charge >= 0.3 is 0 Å². The summed E-state index contributed by atoms with van der Waals surface area (Å²) < 4.78 is 79.8. The molecule has 0 saturated heterocycles. The summed E-state index contributed by atoms with van der Waals surface area (Å²) in [6.07, 6.45) is 14.1. The second kappa shape index (κ2) is 33.1. The van der Waals surface area contributed by atoms with Gasteiger partial charge in [0.15, 0.2) is 0 Å². The molecule has 0 aliphatic rings. The molecule has 9 rings (SSSR count). The summed E-state index contributed by atoms with van der Waals surface area (Å²) in [7, 11) is 11.5. The van der Waals surface area contributed by atoms with Crippen molar-refractivity contribution in [2.75, 3.05) is 49.6 Å². The number of nitrogens with zero attached hydrogens (tertiary/aromatic N) is 9. The second-order valence-electron chi connectivity index (χ2n) is 21.1. The molecule has 9 aromatic rings. The molecule has 468 valence electrons. The van der Waals surface area contributed by atoms with Gasteiger partial charge in [-0.05, 0) is 139 Å². The highest BCUT2D eigenvalue weighted by molar-refractivity contribution is 6.30. The van der Waals surface area contributed by atoms with Crippen LogP contribution in [0.5, 0.6) is 23.0 Å². The summed E-state index contributed by atoms with van der Waals surface area (Å²) in [5.41, 5.74) is 8.72. The smallest absolute Gasteiger partial charge is 0.222 e. The number of hydrogen-bond donors (Lipinski definition) is 0. The topological polar surface area (TPSA) is 151 Å². The van der Waals surface area contributed by atoms with E-state index < -0.39 is 0 Å². The fraction of sp³-hybridized carbons (Fsp3) is 0.294. The van der Waals surface area contributed by atoms with Crippen molar-refractivity contribution in [2.24, 2.45) is 0 Å². The van der Waals surface area contributed by atoms with Gasteiger partial charge in [-0.1, -0.05) is 41.9 Å². The SMILES string of the molecule is COc1ccc(-c2cnn(CCCC(=O)N(C)Cc3cc(F)ccc3OC)c2)cc1.COc1ccc(Cl)cc1CN(C)C(=O)CCCn1cc(-c2ccc(F)cc2)cn1.COc1ccc(F)cc1CN(C)C(=O)CCCn1cc(-c2ccc(F)cc2C)cn1. The van der Waals surface area contributed by atoms with Gasteiger partial charge in [-0.2, -0.15) is 15.3 Å². The maximum Gasteiger partial charge on any atom is 0.222 e. The number of ether oxygens (including phenoxy) is 4. The second-order valence-corrected chi connectivity index (χ2v) is 21.5. The van der Waals surface area contributed by atoms with Crippen LogP contribution in [0.15, 0.2) is 159 Å². The molecule has 0 N–H and O–H groups in total. The Hall–Kier alpha value is -9.43. The lowest BCUT2D eigenvalue weighted by atomic mass is 10.0. The van der Waals surface area contributed by atoms with Crippen LogP contribution in [-0.2, 0) is 53.7 Å². The van der Waals surface area contributed by atoms with E-state index in [1.54, 1.807) is 114 Å². The number of hydrogen-bond acceptors (Lipinski definition) is 10. The minimum atomic E-state index is -0.363. The zero-order chi connectivity index (χ0) is 64.0. The summed E-state index contributed by atoms with van der Waals surface area (Å²) >= 11 is 6.05. The highest BCUT2D eigenvalue weighted by Crippen LogP contribution is 2.28. The van der Waals surface area contributed by atoms with Crippen molar-refractivity contribution in [1.29, 1.82) is 0 Å². The molecular weight excluding hydrogens is 1170 g/mol. The average molecular weight is 1240 g/mol. The van der Waals surface area contributed by atoms with Gasteiger partial charge in [-0.15, -0.1) is 0 Å². The standard InChI is InChI=1S/C23H25F2N3O2.C23H26FN3O3.C22H23ClFN3O2/c1-16-11-19(24)6-8-21(16)18-13-26-28(15-18)10-4-5-23(29)27(2)14-17-12-20(25)7-9-22(17)30-3;1-26(15-18-13-20(24)8-11-22(18)30-3)23(28)5-4-12-27-16-19(14-25-27)17-6-9-21(29-2)10-7-17;1-26(14-17-12-19(23)7-10-21(17)29-2)22(28)4-3-11-27-15-18(13-25-27)16-5-8-20(24)9-6-16/h6-9,11-13,15H,4-5,10,14H2,1-3H3;6-11,13-14,16H,4-5,12,15H2,1-3H3;5-10,12-13,15H,3-4,11,14H2,1-2H3. The molecule has 0 unspecified atom stereocenters. The highest BCUT2D eigenvalue weighted by atomic mass is 35.5. The molecule has 21 heteroatoms. The van der Waals surface area contributed by atoms with Crippen molar-refractivity contribution in [3.05, 3.63) is 209 Å². The molecule has 3 aromatic heterocycles. The summed E-state index contributed by atoms with van der Waals surface area (Å²) in [5.74, 6) is 1.39. The van der Waals surface area contributed by atoms with E-state index in [0.29, 0.717) is 105 Å². The van der Waals surface area contributed by atoms with Gasteiger partial charge in [0.1, 0.15) is 46.3 Å². The summed E-state index contributed by atoms with van der Waals surface area (Å²) in [4.78, 5) is 42.2. The van der Waals surface area contributed by atoms with E-state index in [2.05, 4.69) is 15.3 Å². The van der Waals surface area contributed by atoms with Gasteiger partial charge in [0.2, 0.25) is 17.7 Å². The molecule has 16 nitrogen and oxygen atoms in total. The molecule has 0 fully saturated rings. The van der Waals surface area contributed by atoms with E-state index in [1.807, 2.05) is 66.7 Å². The van der Waals surface area contributed by atoms with Crippen LogP contribution in [0, 0.1) is 30.2 Å². The largest absolute Gasteiger partial charge is 0.497 e. The minimum Gasteiger partial charge on any atom is -0.497 e. The molecule has 0 atom stereocenters. The predicted molar refractivity (Wildman–Crippen MR) is 335 cm³/mol. The number of amides is 3. The number of halogens is 5. The van der Waals surface area contributed by atoms with Gasteiger partial charge in [-0.25, -0.2) is 17.6 Å². The molecule has 3 heterocycles. The van der Waals surface area contributed by atoms with Crippen LogP contribution in [0.25, 0.3) is 33.4 Å². The molecule has 0 bridgehead atoms. The Balaban J connectivity index is 0.000000190. The molecule has 6 aromatic carbocycles. The Morgan fingerprint density at radius 2 is 0.798 bits per heavy atom. The first-order valence-corrected chi connectivity index (χ1v) is 29.1. The first-order chi connectivity index (χ1) is 42.8. The quantitative estimate of drug-likeness (QED) is 0.0506. The lowest BCUT2D eigenvalue weighted by Crippen LogP contribution is -2.26. The van der Waals surface area contributed by atoms with Crippen LogP contribution in [0.2, 0.25) is 5.02 Å². The van der Waals surface area contributed by atoms with E-state index in [-0.39, 0.29) is 47.5 Å². The lowest BCUT2D eigenvalue weighted by molar-refractivity contribution is -0.131. The number of rotatable bonds is 25. The van der Waals surface area contributed by atoms with Crippen molar-refractivity contribution >= 4 is 29.3 Å². The Morgan fingerprint density at radius 1 is 0.438 bits per heavy atom. The Labute approximate surface area is 521 Å². The molecule has 0 radical (unpaired) electrons. The third-order valence-electron chi connectivity index (χ3n) is 14.6. The van der Waals surface area contributed by atoms with Gasteiger partial charge in [0.05, 0.1) is 47.0 Å². The number of benzene rings is 6. The van der Waals surface area contributed by atoms with Gasteiger partial charge in [0.25, 0.3) is 0 Å². The van der Waals surface area contributed by atoms with Crippen molar-refractivity contribution in [1.82, 2.24) is 44.0 Å². The van der Waals surface area contributed by atoms with Crippen LogP contribution < -0.4 is 18.9 Å². The van der Waals surface area contributed by atoms with Gasteiger partial charge in [-0.3, -0.25) is 28.4 Å². The molecular formula is C68H74ClF4N9O7. The molecule has 0 saturated carbocycles. The summed E-state index contributed by atoms with van der Waals surface area (Å²) in [6.45, 7) is 4.71. The molecule has 0 aliphatic heterocycles. The fourth-order valence-electron chi connectivity index (χ4n) is 9.66. The normalized spacial score (nSPS) is 10.8. The summed E-state index contributed by atoms with van der Waals surface area (Å²) in [6, 6.07) is 32.7. The number of carbonyl (C=O) groups is 3. The first-order valence-electron chi connectivity index (χ1n) is 28.8. The number of methoxy groups -OCH3 is 4. The van der Waals surface area contributed by atoms with E-state index in [1.165, 1.54) is 62.8 Å². The van der Waals surface area contributed by atoms with E-state index in [4.69, 9.17) is 30.5 Å². The molecule has 0 aliphatic carbocycles. The molecule has 0 spiro atoms. The zero-order valence-electron chi connectivity index (χ0n) is 51.3. The van der Waals surface area contributed by atoms with Crippen molar-refractivity contribution in [2.45, 2.75) is 84.7 Å². The Morgan fingerprint density at radius 3 is 1.21 bits per heavy atom. The average Bonchev–Trinajstić information content (AvgIpc) is 4.56. The van der Waals surface area contributed by atoms with Crippen molar-refractivity contribution in [3.63, 3.8) is 0 Å². The third-order valence-corrected chi connectivity index (χ3v) is 14.8. The lowest BCUT2D eigenvalue weighted by Gasteiger charge is -2.19. The predicted octanol–water partition coefficient (Wildman–Crippen LogP) is 13.5. The highest BCUT2D eigenvalue weighted by Gasteiger charge is 2.17. The molecule has 89 heavy (non-hydrogen) atoms. The third kappa shape index (κ3) is 20.1. The Bertz CT molecular complexity index is 3760. The van der Waals surface area contributed by atoms with E-state index in [9.17, 15) is 31.9 Å². The number of aryl methyl sites for hydroxylation is 4. The fourth-order valence-corrected chi connectivity index (χ4v) is 9.86. The molecule has 3 amide bonds. The Kier molecular flexibility index (Phi) is 24.9. The summed E-state index contributed by atoms with van der Waals surface area (Å²) in [5, 5.41) is 13.6. The number of carbonyl (C=O) groups excluding carboxylic acids is 3. The van der Waals surface area contributed by atoms with Crippen molar-refractivity contribution in [3.8, 4) is 56.4 Å². The van der Waals surface area contributed by atoms with Crippen LogP contribution in [0.1, 0.15) is 60.8 Å². The van der Waals surface area contributed by atoms with Crippen LogP contribution in [0.3, 0.4) is 0 Å². The monoisotopic (exact) mass is 1240 g/mol. The first kappa shape index (κ1) is 67.1.